The molecule has 0 saturated heterocycles. The number of benzene rings is 2. The van der Waals surface area contributed by atoms with Gasteiger partial charge in [0.15, 0.2) is 0 Å². The Bertz CT molecular complexity index is 498. The Morgan fingerprint density at radius 2 is 1.63 bits per heavy atom. The number of halogens is 1. The highest BCUT2D eigenvalue weighted by Gasteiger charge is 2.22. The van der Waals surface area contributed by atoms with Crippen LogP contribution in [-0.2, 0) is 0 Å². The maximum atomic E-state index is 9.75. The lowest BCUT2D eigenvalue weighted by Crippen LogP contribution is -2.26. The molecule has 0 amide bonds. The Kier molecular flexibility index (Phi) is 5.14. The summed E-state index contributed by atoms with van der Waals surface area (Å²) in [6.07, 6.45) is 0. The number of likely N-dealkylation sites (N-methyl/N-ethyl adjacent to an activating group) is 1. The van der Waals surface area contributed by atoms with E-state index in [2.05, 4.69) is 45.5 Å². The predicted octanol–water partition coefficient (Wildman–Crippen LogP) is 3.49. The summed E-state index contributed by atoms with van der Waals surface area (Å²) in [5.74, 6) is 0.0485. The molecule has 3 heteroatoms. The third-order valence-corrected chi connectivity index (χ3v) is 3.90. The van der Waals surface area contributed by atoms with Crippen LogP contribution in [0.1, 0.15) is 23.1 Å². The minimum Gasteiger partial charge on any atom is -0.396 e. The van der Waals surface area contributed by atoms with Gasteiger partial charge in [-0.1, -0.05) is 58.4 Å². The molecule has 2 nitrogen and oxygen atoms in total. The van der Waals surface area contributed by atoms with E-state index in [1.165, 1.54) is 5.56 Å². The second kappa shape index (κ2) is 6.85. The van der Waals surface area contributed by atoms with Crippen molar-refractivity contribution in [3.8, 4) is 0 Å². The summed E-state index contributed by atoms with van der Waals surface area (Å²) in [5, 5.41) is 13.1. The molecule has 0 aliphatic carbocycles. The molecule has 1 unspecified atom stereocenters. The quantitative estimate of drug-likeness (QED) is 0.884. The van der Waals surface area contributed by atoms with Crippen molar-refractivity contribution in [3.05, 3.63) is 70.2 Å². The largest absolute Gasteiger partial charge is 0.396 e. The monoisotopic (exact) mass is 319 g/mol. The fourth-order valence-electron chi connectivity index (χ4n) is 2.37. The summed E-state index contributed by atoms with van der Waals surface area (Å²) >= 11 is 3.45. The van der Waals surface area contributed by atoms with Crippen molar-refractivity contribution in [3.63, 3.8) is 0 Å². The summed E-state index contributed by atoms with van der Waals surface area (Å²) in [7, 11) is 1.93. The molecule has 0 saturated carbocycles. The molecular weight excluding hydrogens is 302 g/mol. The molecule has 2 N–H and O–H groups in total. The first kappa shape index (κ1) is 14.3. The SMILES string of the molecule is CNC(c1ccc(Br)cc1)[C@@H](CO)c1ccccc1. The normalized spacial score (nSPS) is 14.1. The minimum atomic E-state index is 0.0485. The highest BCUT2D eigenvalue weighted by atomic mass is 79.9. The molecule has 100 valence electrons. The van der Waals surface area contributed by atoms with E-state index in [1.807, 2.05) is 37.4 Å². The molecule has 19 heavy (non-hydrogen) atoms. The van der Waals surface area contributed by atoms with E-state index >= 15 is 0 Å². The van der Waals surface area contributed by atoms with Crippen molar-refractivity contribution in [1.29, 1.82) is 0 Å². The molecule has 0 bridgehead atoms. The predicted molar refractivity (Wildman–Crippen MR) is 82.2 cm³/mol. The smallest absolute Gasteiger partial charge is 0.0518 e. The summed E-state index contributed by atoms with van der Waals surface area (Å²) in [6, 6.07) is 18.4. The van der Waals surface area contributed by atoms with E-state index in [-0.39, 0.29) is 18.6 Å². The molecule has 2 atom stereocenters. The topological polar surface area (TPSA) is 32.3 Å². The molecule has 0 aliphatic heterocycles. The minimum absolute atomic E-state index is 0.0485. The van der Waals surface area contributed by atoms with E-state index in [4.69, 9.17) is 0 Å². The number of hydrogen-bond acceptors (Lipinski definition) is 2. The maximum Gasteiger partial charge on any atom is 0.0518 e. The first-order valence-corrected chi connectivity index (χ1v) is 7.14. The van der Waals surface area contributed by atoms with Crippen molar-refractivity contribution in [1.82, 2.24) is 5.32 Å². The van der Waals surface area contributed by atoms with E-state index in [0.717, 1.165) is 10.0 Å². The van der Waals surface area contributed by atoms with E-state index < -0.39 is 0 Å². The first-order chi connectivity index (χ1) is 9.26. The average Bonchev–Trinajstić information content (AvgIpc) is 2.47. The van der Waals surface area contributed by atoms with Crippen molar-refractivity contribution in [2.45, 2.75) is 12.0 Å². The number of aliphatic hydroxyl groups is 1. The van der Waals surface area contributed by atoms with Gasteiger partial charge in [-0.15, -0.1) is 0 Å². The first-order valence-electron chi connectivity index (χ1n) is 6.34. The summed E-state index contributed by atoms with van der Waals surface area (Å²) in [6.45, 7) is 0.117. The van der Waals surface area contributed by atoms with Crippen LogP contribution in [0.15, 0.2) is 59.1 Å². The Labute approximate surface area is 122 Å². The number of hydrogen-bond donors (Lipinski definition) is 2. The van der Waals surface area contributed by atoms with Crippen molar-refractivity contribution in [2.24, 2.45) is 0 Å². The number of rotatable bonds is 5. The second-order valence-electron chi connectivity index (χ2n) is 4.52. The van der Waals surface area contributed by atoms with Gasteiger partial charge in [0.2, 0.25) is 0 Å². The van der Waals surface area contributed by atoms with Gasteiger partial charge in [0, 0.05) is 16.4 Å². The van der Waals surface area contributed by atoms with Crippen LogP contribution in [0, 0.1) is 0 Å². The van der Waals surface area contributed by atoms with Crippen LogP contribution in [0.2, 0.25) is 0 Å². The Hall–Kier alpha value is -1.16. The lowest BCUT2D eigenvalue weighted by atomic mass is 9.88. The lowest BCUT2D eigenvalue weighted by Gasteiger charge is -2.26. The summed E-state index contributed by atoms with van der Waals surface area (Å²) in [4.78, 5) is 0. The van der Waals surface area contributed by atoms with Crippen LogP contribution in [0.5, 0.6) is 0 Å². The van der Waals surface area contributed by atoms with Gasteiger partial charge in [-0.2, -0.15) is 0 Å². The molecule has 0 spiro atoms. The van der Waals surface area contributed by atoms with E-state index in [9.17, 15) is 5.11 Å². The molecule has 2 rings (SSSR count). The molecule has 0 radical (unpaired) electrons. The van der Waals surface area contributed by atoms with E-state index in [1.54, 1.807) is 0 Å². The number of nitrogens with one attached hydrogen (secondary N) is 1. The van der Waals surface area contributed by atoms with Crippen LogP contribution >= 0.6 is 15.9 Å². The van der Waals surface area contributed by atoms with Crippen LogP contribution in [-0.4, -0.2) is 18.8 Å². The molecule has 0 heterocycles. The van der Waals surface area contributed by atoms with E-state index in [0.29, 0.717) is 0 Å². The van der Waals surface area contributed by atoms with Gasteiger partial charge >= 0.3 is 0 Å². The van der Waals surface area contributed by atoms with Crippen LogP contribution in [0.25, 0.3) is 0 Å². The van der Waals surface area contributed by atoms with Gasteiger partial charge < -0.3 is 10.4 Å². The summed E-state index contributed by atoms with van der Waals surface area (Å²) in [5.41, 5.74) is 2.32. The molecule has 2 aromatic carbocycles. The van der Waals surface area contributed by atoms with Gasteiger partial charge in [-0.05, 0) is 30.3 Å². The number of aliphatic hydroxyl groups excluding tert-OH is 1. The van der Waals surface area contributed by atoms with Crippen LogP contribution < -0.4 is 5.32 Å². The fraction of sp³-hybridized carbons (Fsp3) is 0.250. The maximum absolute atomic E-state index is 9.75. The molecule has 2 aromatic rings. The Balaban J connectivity index is 2.31. The molecule has 0 aromatic heterocycles. The zero-order valence-corrected chi connectivity index (χ0v) is 12.5. The van der Waals surface area contributed by atoms with Gasteiger partial charge in [-0.3, -0.25) is 0 Å². The second-order valence-corrected chi connectivity index (χ2v) is 5.43. The highest BCUT2D eigenvalue weighted by molar-refractivity contribution is 9.10. The molecule has 0 aliphatic rings. The standard InChI is InChI=1S/C16H18BrNO/c1-18-16(13-7-9-14(17)10-8-13)15(11-19)12-5-3-2-4-6-12/h2-10,15-16,18-19H,11H2,1H3/t15-,16?/m0/s1. The third kappa shape index (κ3) is 3.44. The lowest BCUT2D eigenvalue weighted by molar-refractivity contribution is 0.239. The van der Waals surface area contributed by atoms with Crippen molar-refractivity contribution in [2.75, 3.05) is 13.7 Å². The third-order valence-electron chi connectivity index (χ3n) is 3.37. The fourth-order valence-corrected chi connectivity index (χ4v) is 2.64. The zero-order valence-electron chi connectivity index (χ0n) is 10.9. The van der Waals surface area contributed by atoms with Gasteiger partial charge in [-0.25, -0.2) is 0 Å². The zero-order chi connectivity index (χ0) is 13.7. The Morgan fingerprint density at radius 1 is 1.00 bits per heavy atom. The molecule has 0 fully saturated rings. The van der Waals surface area contributed by atoms with Crippen LogP contribution in [0.4, 0.5) is 0 Å². The van der Waals surface area contributed by atoms with Crippen LogP contribution in [0.3, 0.4) is 0 Å². The van der Waals surface area contributed by atoms with Crippen molar-refractivity contribution < 1.29 is 5.11 Å². The van der Waals surface area contributed by atoms with Gasteiger partial charge in [0.05, 0.1) is 6.61 Å². The Morgan fingerprint density at radius 3 is 2.16 bits per heavy atom. The van der Waals surface area contributed by atoms with Crippen molar-refractivity contribution >= 4 is 15.9 Å². The highest BCUT2D eigenvalue weighted by Crippen LogP contribution is 2.30. The van der Waals surface area contributed by atoms with Gasteiger partial charge in [0.25, 0.3) is 0 Å². The molecular formula is C16H18BrNO. The average molecular weight is 320 g/mol. The van der Waals surface area contributed by atoms with Gasteiger partial charge in [0.1, 0.15) is 0 Å². The summed E-state index contributed by atoms with van der Waals surface area (Å²) < 4.78 is 1.06.